The first-order valence-electron chi connectivity index (χ1n) is 5.76. The van der Waals surface area contributed by atoms with Crippen LogP contribution in [0.25, 0.3) is 0 Å². The van der Waals surface area contributed by atoms with Gasteiger partial charge in [0.15, 0.2) is 5.82 Å². The van der Waals surface area contributed by atoms with Crippen LogP contribution in [0.15, 0.2) is 33.8 Å². The Morgan fingerprint density at radius 1 is 1.43 bits per heavy atom. The zero-order valence-electron chi connectivity index (χ0n) is 11.2. The lowest BCUT2D eigenvalue weighted by molar-refractivity contribution is 0.0698. The summed E-state index contributed by atoms with van der Waals surface area (Å²) >= 11 is 3.29. The number of carbonyl (C=O) groups is 1. The third-order valence-electron chi connectivity index (χ3n) is 2.84. The molecule has 112 valence electrons. The molecule has 2 N–H and O–H groups in total. The van der Waals surface area contributed by atoms with Crippen molar-refractivity contribution in [2.75, 3.05) is 4.72 Å². The Kier molecular flexibility index (Phi) is 4.06. The van der Waals surface area contributed by atoms with E-state index in [1.807, 2.05) is 0 Å². The quantitative estimate of drug-likeness (QED) is 0.852. The van der Waals surface area contributed by atoms with E-state index < -0.39 is 16.0 Å². The molecule has 0 aliphatic rings. The molecule has 0 unspecified atom stereocenters. The Morgan fingerprint density at radius 3 is 2.67 bits per heavy atom. The minimum atomic E-state index is -3.90. The fraction of sp³-hybridized carbons (Fsp3) is 0.167. The van der Waals surface area contributed by atoms with Crippen LogP contribution in [0.4, 0.5) is 5.82 Å². The van der Waals surface area contributed by atoms with Crippen LogP contribution >= 0.6 is 15.9 Å². The van der Waals surface area contributed by atoms with E-state index in [0.717, 1.165) is 20.9 Å². The highest BCUT2D eigenvalue weighted by Gasteiger charge is 2.22. The van der Waals surface area contributed by atoms with Gasteiger partial charge in [-0.3, -0.25) is 9.40 Å². The molecule has 2 rings (SSSR count). The predicted octanol–water partition coefficient (Wildman–Crippen LogP) is 1.99. The Labute approximate surface area is 129 Å². The van der Waals surface area contributed by atoms with E-state index in [9.17, 15) is 13.2 Å². The molecular weight excluding hydrogens is 362 g/mol. The smallest absolute Gasteiger partial charge is 0.341 e. The lowest BCUT2D eigenvalue weighted by Crippen LogP contribution is -2.17. The summed E-state index contributed by atoms with van der Waals surface area (Å²) in [4.78, 5) is 11.1. The van der Waals surface area contributed by atoms with Crippen molar-refractivity contribution in [2.45, 2.75) is 11.8 Å². The molecule has 1 aromatic carbocycles. The van der Waals surface area contributed by atoms with Gasteiger partial charge in [-0.1, -0.05) is 15.9 Å². The van der Waals surface area contributed by atoms with Gasteiger partial charge in [0.1, 0.15) is 5.56 Å². The van der Waals surface area contributed by atoms with Crippen LogP contribution in [-0.2, 0) is 17.1 Å². The molecule has 7 nitrogen and oxygen atoms in total. The number of rotatable bonds is 4. The summed E-state index contributed by atoms with van der Waals surface area (Å²) in [6, 6.07) is 4.53. The van der Waals surface area contributed by atoms with Gasteiger partial charge in [0.05, 0.1) is 11.1 Å². The average molecular weight is 374 g/mol. The van der Waals surface area contributed by atoms with E-state index in [2.05, 4.69) is 25.8 Å². The molecule has 2 aromatic rings. The highest BCUT2D eigenvalue weighted by molar-refractivity contribution is 9.10. The first-order valence-corrected chi connectivity index (χ1v) is 8.04. The lowest BCUT2D eigenvalue weighted by Gasteiger charge is -2.10. The minimum absolute atomic E-state index is 0.0424. The first-order chi connectivity index (χ1) is 9.72. The molecule has 0 saturated heterocycles. The van der Waals surface area contributed by atoms with E-state index in [-0.39, 0.29) is 16.3 Å². The van der Waals surface area contributed by atoms with Crippen molar-refractivity contribution in [1.29, 1.82) is 0 Å². The summed E-state index contributed by atoms with van der Waals surface area (Å²) in [5, 5.41) is 12.8. The van der Waals surface area contributed by atoms with Gasteiger partial charge < -0.3 is 5.11 Å². The molecule has 0 spiro atoms. The molecule has 0 bridgehead atoms. The molecule has 21 heavy (non-hydrogen) atoms. The summed E-state index contributed by atoms with van der Waals surface area (Å²) in [5.74, 6) is -1.35. The fourth-order valence-corrected chi connectivity index (χ4v) is 3.13. The van der Waals surface area contributed by atoms with Gasteiger partial charge in [-0.15, -0.1) is 0 Å². The van der Waals surface area contributed by atoms with Gasteiger partial charge in [-0.2, -0.15) is 5.10 Å². The molecule has 0 aliphatic heterocycles. The maximum atomic E-state index is 12.3. The van der Waals surface area contributed by atoms with Crippen molar-refractivity contribution >= 4 is 37.7 Å². The monoisotopic (exact) mass is 373 g/mol. The Bertz CT molecular complexity index is 814. The zero-order chi connectivity index (χ0) is 15.8. The van der Waals surface area contributed by atoms with Gasteiger partial charge in [0.2, 0.25) is 0 Å². The van der Waals surface area contributed by atoms with E-state index in [0.29, 0.717) is 0 Å². The number of aromatic carboxylic acids is 1. The van der Waals surface area contributed by atoms with E-state index >= 15 is 0 Å². The minimum Gasteiger partial charge on any atom is -0.477 e. The fourth-order valence-electron chi connectivity index (χ4n) is 1.69. The number of carboxylic acid groups (broad SMARTS) is 1. The van der Waals surface area contributed by atoms with Crippen molar-refractivity contribution in [1.82, 2.24) is 9.78 Å². The molecule has 1 heterocycles. The Morgan fingerprint density at radius 2 is 2.10 bits per heavy atom. The standard InChI is InChI=1S/C12H12BrN3O4S/c1-7-5-8(3-4-10(7)13)21(19,20)15-11-9(12(17)18)6-14-16(11)2/h3-6,15H,1-2H3,(H,17,18). The average Bonchev–Trinajstić information content (AvgIpc) is 2.74. The summed E-state index contributed by atoms with van der Waals surface area (Å²) in [6.45, 7) is 1.76. The second kappa shape index (κ2) is 5.49. The van der Waals surface area contributed by atoms with Crippen molar-refractivity contribution in [3.05, 3.63) is 40.0 Å². The van der Waals surface area contributed by atoms with Crippen molar-refractivity contribution in [3.63, 3.8) is 0 Å². The molecule has 0 fully saturated rings. The normalized spacial score (nSPS) is 11.4. The third-order valence-corrected chi connectivity index (χ3v) is 5.07. The summed E-state index contributed by atoms with van der Waals surface area (Å²) < 4.78 is 28.9. The van der Waals surface area contributed by atoms with E-state index in [4.69, 9.17) is 5.11 Å². The van der Waals surface area contributed by atoms with Gasteiger partial charge in [-0.25, -0.2) is 13.2 Å². The van der Waals surface area contributed by atoms with E-state index in [1.165, 1.54) is 19.2 Å². The van der Waals surface area contributed by atoms with Crippen LogP contribution in [0.3, 0.4) is 0 Å². The van der Waals surface area contributed by atoms with Gasteiger partial charge >= 0.3 is 5.97 Å². The number of halogens is 1. The van der Waals surface area contributed by atoms with Crippen LogP contribution in [0.1, 0.15) is 15.9 Å². The molecule has 1 aromatic heterocycles. The number of aryl methyl sites for hydroxylation is 2. The number of benzene rings is 1. The number of nitrogens with zero attached hydrogens (tertiary/aromatic N) is 2. The second-order valence-electron chi connectivity index (χ2n) is 4.35. The molecule has 0 amide bonds. The second-order valence-corrected chi connectivity index (χ2v) is 6.89. The number of sulfonamides is 1. The van der Waals surface area contributed by atoms with Crippen molar-refractivity contribution in [2.24, 2.45) is 7.05 Å². The maximum Gasteiger partial charge on any atom is 0.341 e. The van der Waals surface area contributed by atoms with Gasteiger partial charge in [-0.05, 0) is 30.7 Å². The zero-order valence-corrected chi connectivity index (χ0v) is 13.6. The molecule has 9 heteroatoms. The number of nitrogens with one attached hydrogen (secondary N) is 1. The van der Waals surface area contributed by atoms with Gasteiger partial charge in [0.25, 0.3) is 10.0 Å². The Hall–Kier alpha value is -1.87. The summed E-state index contributed by atoms with van der Waals surface area (Å²) in [6.07, 6.45) is 1.09. The molecule has 0 aliphatic carbocycles. The Balaban J connectivity index is 2.44. The highest BCUT2D eigenvalue weighted by Crippen LogP contribution is 2.23. The summed E-state index contributed by atoms with van der Waals surface area (Å²) in [5.41, 5.74) is 0.538. The third kappa shape index (κ3) is 3.08. The highest BCUT2D eigenvalue weighted by atomic mass is 79.9. The van der Waals surface area contributed by atoms with Crippen molar-refractivity contribution < 1.29 is 18.3 Å². The van der Waals surface area contributed by atoms with Crippen molar-refractivity contribution in [3.8, 4) is 0 Å². The lowest BCUT2D eigenvalue weighted by atomic mass is 10.2. The number of carboxylic acids is 1. The largest absolute Gasteiger partial charge is 0.477 e. The predicted molar refractivity (Wildman–Crippen MR) is 79.9 cm³/mol. The van der Waals surface area contributed by atoms with Crippen LogP contribution in [-0.4, -0.2) is 29.3 Å². The SMILES string of the molecule is Cc1cc(S(=O)(=O)Nc2c(C(=O)O)cnn2C)ccc1Br. The number of aromatic nitrogens is 2. The number of anilines is 1. The number of hydrogen-bond donors (Lipinski definition) is 2. The number of hydrogen-bond acceptors (Lipinski definition) is 4. The topological polar surface area (TPSA) is 101 Å². The molecule has 0 radical (unpaired) electrons. The van der Waals surface area contributed by atoms with Gasteiger partial charge in [0, 0.05) is 11.5 Å². The van der Waals surface area contributed by atoms with Crippen LogP contribution in [0, 0.1) is 6.92 Å². The first kappa shape index (κ1) is 15.5. The molecule has 0 atom stereocenters. The molecular formula is C12H12BrN3O4S. The van der Waals surface area contributed by atoms with E-state index in [1.54, 1.807) is 13.0 Å². The van der Waals surface area contributed by atoms with Crippen LogP contribution in [0.2, 0.25) is 0 Å². The molecule has 0 saturated carbocycles. The van der Waals surface area contributed by atoms with Crippen LogP contribution in [0.5, 0.6) is 0 Å². The van der Waals surface area contributed by atoms with Crippen LogP contribution < -0.4 is 4.72 Å². The summed E-state index contributed by atoms with van der Waals surface area (Å²) in [7, 11) is -2.44. The maximum absolute atomic E-state index is 12.3.